The van der Waals surface area contributed by atoms with Gasteiger partial charge in [-0.2, -0.15) is 0 Å². The Morgan fingerprint density at radius 3 is 2.64 bits per heavy atom. The zero-order valence-electron chi connectivity index (χ0n) is 7.88. The summed E-state index contributed by atoms with van der Waals surface area (Å²) in [6.07, 6.45) is 1.08. The van der Waals surface area contributed by atoms with Crippen LogP contribution in [0, 0.1) is 6.92 Å². The second-order valence-electron chi connectivity index (χ2n) is 3.46. The van der Waals surface area contributed by atoms with Crippen molar-refractivity contribution >= 4 is 24.0 Å². The molecule has 2 nitrogen and oxygen atoms in total. The van der Waals surface area contributed by atoms with Gasteiger partial charge in [-0.15, -0.1) is 12.4 Å². The highest BCUT2D eigenvalue weighted by Gasteiger charge is 2.22. The van der Waals surface area contributed by atoms with Crippen LogP contribution in [0.3, 0.4) is 0 Å². The predicted molar refractivity (Wildman–Crippen MR) is 60.5 cm³/mol. The fourth-order valence-corrected chi connectivity index (χ4v) is 1.86. The molecular formula is C10H13Cl2NO. The Bertz CT molecular complexity index is 337. The van der Waals surface area contributed by atoms with Gasteiger partial charge in [0.15, 0.2) is 0 Å². The van der Waals surface area contributed by atoms with Gasteiger partial charge in [0.2, 0.25) is 0 Å². The fraction of sp³-hybridized carbons (Fsp3) is 0.400. The summed E-state index contributed by atoms with van der Waals surface area (Å²) in [6, 6.07) is 3.90. The van der Waals surface area contributed by atoms with Crippen LogP contribution in [0.5, 0.6) is 5.75 Å². The number of halogens is 2. The Kier molecular flexibility index (Phi) is 3.65. The summed E-state index contributed by atoms with van der Waals surface area (Å²) < 4.78 is 0. The second-order valence-corrected chi connectivity index (χ2v) is 3.89. The van der Waals surface area contributed by atoms with E-state index in [1.54, 1.807) is 6.07 Å². The number of phenolic OH excluding ortho intramolecular Hbond substituents is 1. The minimum absolute atomic E-state index is 0. The Hall–Kier alpha value is -0.440. The van der Waals surface area contributed by atoms with Gasteiger partial charge in [0, 0.05) is 16.6 Å². The van der Waals surface area contributed by atoms with Crippen molar-refractivity contribution in [2.45, 2.75) is 19.4 Å². The van der Waals surface area contributed by atoms with E-state index in [-0.39, 0.29) is 18.4 Å². The van der Waals surface area contributed by atoms with Gasteiger partial charge in [0.25, 0.3) is 0 Å². The van der Waals surface area contributed by atoms with Crippen molar-refractivity contribution < 1.29 is 5.11 Å². The van der Waals surface area contributed by atoms with E-state index >= 15 is 0 Å². The minimum Gasteiger partial charge on any atom is -0.507 e. The predicted octanol–water partition coefficient (Wildman–Crippen LogP) is 2.81. The molecule has 1 atom stereocenters. The first-order valence-corrected chi connectivity index (χ1v) is 4.78. The number of rotatable bonds is 1. The van der Waals surface area contributed by atoms with Crippen LogP contribution >= 0.6 is 24.0 Å². The van der Waals surface area contributed by atoms with E-state index in [1.807, 2.05) is 13.0 Å². The molecule has 14 heavy (non-hydrogen) atoms. The van der Waals surface area contributed by atoms with E-state index in [0.717, 1.165) is 24.1 Å². The molecule has 1 fully saturated rings. The molecule has 1 aromatic rings. The highest BCUT2D eigenvalue weighted by molar-refractivity contribution is 6.30. The smallest absolute Gasteiger partial charge is 0.123 e. The Labute approximate surface area is 94.7 Å². The van der Waals surface area contributed by atoms with Gasteiger partial charge in [-0.25, -0.2) is 0 Å². The second kappa shape index (κ2) is 4.39. The molecule has 2 rings (SSSR count). The molecule has 0 bridgehead atoms. The maximum Gasteiger partial charge on any atom is 0.123 e. The first-order valence-electron chi connectivity index (χ1n) is 4.41. The summed E-state index contributed by atoms with van der Waals surface area (Å²) in [4.78, 5) is 0. The van der Waals surface area contributed by atoms with E-state index in [2.05, 4.69) is 5.32 Å². The van der Waals surface area contributed by atoms with Crippen molar-refractivity contribution in [3.05, 3.63) is 28.3 Å². The lowest BCUT2D eigenvalue weighted by Crippen LogP contribution is -2.35. The van der Waals surface area contributed by atoms with Crippen LogP contribution in [0.1, 0.15) is 23.6 Å². The third kappa shape index (κ3) is 1.97. The molecule has 0 unspecified atom stereocenters. The third-order valence-electron chi connectivity index (χ3n) is 2.49. The molecule has 1 saturated heterocycles. The Morgan fingerprint density at radius 1 is 1.50 bits per heavy atom. The SMILES string of the molecule is Cc1cc(Cl)cc([C@H]2CCN2)c1O.Cl. The minimum atomic E-state index is 0. The van der Waals surface area contributed by atoms with Gasteiger partial charge < -0.3 is 10.4 Å². The molecule has 0 spiro atoms. The molecule has 0 radical (unpaired) electrons. The molecule has 1 aliphatic rings. The third-order valence-corrected chi connectivity index (χ3v) is 2.71. The van der Waals surface area contributed by atoms with Gasteiger partial charge >= 0.3 is 0 Å². The van der Waals surface area contributed by atoms with Crippen LogP contribution in [0.2, 0.25) is 5.02 Å². The van der Waals surface area contributed by atoms with Crippen molar-refractivity contribution in [2.75, 3.05) is 6.54 Å². The lowest BCUT2D eigenvalue weighted by Gasteiger charge is -2.29. The fourth-order valence-electron chi connectivity index (χ4n) is 1.58. The average Bonchev–Trinajstić information content (AvgIpc) is 1.95. The first-order chi connectivity index (χ1) is 6.18. The van der Waals surface area contributed by atoms with Crippen molar-refractivity contribution in [3.8, 4) is 5.75 Å². The van der Waals surface area contributed by atoms with Gasteiger partial charge in [-0.1, -0.05) is 11.6 Å². The van der Waals surface area contributed by atoms with Crippen molar-refractivity contribution in [1.82, 2.24) is 5.32 Å². The molecule has 1 aliphatic heterocycles. The number of hydrogen-bond acceptors (Lipinski definition) is 2. The van der Waals surface area contributed by atoms with E-state index < -0.39 is 0 Å². The standard InChI is InChI=1S/C10H12ClNO.ClH/c1-6-4-7(11)5-8(10(6)13)9-2-3-12-9;/h4-5,9,12-13H,2-3H2,1H3;1H/t9-;/m1./s1. The monoisotopic (exact) mass is 233 g/mol. The largest absolute Gasteiger partial charge is 0.507 e. The van der Waals surface area contributed by atoms with E-state index in [9.17, 15) is 5.11 Å². The summed E-state index contributed by atoms with van der Waals surface area (Å²) in [5.41, 5.74) is 1.77. The molecule has 0 aliphatic carbocycles. The van der Waals surface area contributed by atoms with E-state index in [4.69, 9.17) is 11.6 Å². The molecule has 1 heterocycles. The number of nitrogens with one attached hydrogen (secondary N) is 1. The van der Waals surface area contributed by atoms with Gasteiger partial charge in [0.05, 0.1) is 0 Å². The number of aromatic hydroxyl groups is 1. The molecule has 0 saturated carbocycles. The zero-order valence-corrected chi connectivity index (χ0v) is 9.45. The average molecular weight is 234 g/mol. The topological polar surface area (TPSA) is 32.3 Å². The van der Waals surface area contributed by atoms with Crippen molar-refractivity contribution in [3.63, 3.8) is 0 Å². The molecular weight excluding hydrogens is 221 g/mol. The van der Waals surface area contributed by atoms with Gasteiger partial charge in [-0.05, 0) is 37.6 Å². The maximum atomic E-state index is 9.76. The molecule has 0 amide bonds. The van der Waals surface area contributed by atoms with Crippen molar-refractivity contribution in [2.24, 2.45) is 0 Å². The lowest BCUT2D eigenvalue weighted by molar-refractivity contribution is 0.363. The summed E-state index contributed by atoms with van der Waals surface area (Å²) in [5.74, 6) is 0.376. The molecule has 0 aromatic heterocycles. The number of benzene rings is 1. The van der Waals surface area contributed by atoms with E-state index in [1.165, 1.54) is 0 Å². The molecule has 78 valence electrons. The quantitative estimate of drug-likeness (QED) is 0.783. The van der Waals surface area contributed by atoms with Gasteiger partial charge in [-0.3, -0.25) is 0 Å². The van der Waals surface area contributed by atoms with Crippen LogP contribution in [-0.4, -0.2) is 11.7 Å². The zero-order chi connectivity index (χ0) is 9.42. The number of aryl methyl sites for hydroxylation is 1. The van der Waals surface area contributed by atoms with Crippen LogP contribution in [0.15, 0.2) is 12.1 Å². The summed E-state index contributed by atoms with van der Waals surface area (Å²) in [5, 5.41) is 13.7. The van der Waals surface area contributed by atoms with Crippen LogP contribution in [0.25, 0.3) is 0 Å². The summed E-state index contributed by atoms with van der Waals surface area (Å²) in [6.45, 7) is 2.89. The number of phenols is 1. The van der Waals surface area contributed by atoms with Gasteiger partial charge in [0.1, 0.15) is 5.75 Å². The molecule has 2 N–H and O–H groups in total. The molecule has 4 heteroatoms. The lowest BCUT2D eigenvalue weighted by atomic mass is 9.95. The number of hydrogen-bond donors (Lipinski definition) is 2. The highest BCUT2D eigenvalue weighted by Crippen LogP contribution is 2.34. The normalized spacial score (nSPS) is 19.7. The Morgan fingerprint density at radius 2 is 2.14 bits per heavy atom. The Balaban J connectivity index is 0.000000980. The van der Waals surface area contributed by atoms with E-state index in [0.29, 0.717) is 10.8 Å². The summed E-state index contributed by atoms with van der Waals surface area (Å²) >= 11 is 5.91. The van der Waals surface area contributed by atoms with Crippen molar-refractivity contribution in [1.29, 1.82) is 0 Å². The van der Waals surface area contributed by atoms with Crippen LogP contribution in [-0.2, 0) is 0 Å². The summed E-state index contributed by atoms with van der Waals surface area (Å²) in [7, 11) is 0. The molecule has 1 aromatic carbocycles. The highest BCUT2D eigenvalue weighted by atomic mass is 35.5. The maximum absolute atomic E-state index is 9.76. The first kappa shape index (κ1) is 11.6. The van der Waals surface area contributed by atoms with Crippen LogP contribution in [0.4, 0.5) is 0 Å². The van der Waals surface area contributed by atoms with Crippen LogP contribution < -0.4 is 5.32 Å².